The molecule has 12 heteroatoms. The summed E-state index contributed by atoms with van der Waals surface area (Å²) in [5, 5.41) is 13.8. The summed E-state index contributed by atoms with van der Waals surface area (Å²) in [4.78, 5) is 46.9. The summed E-state index contributed by atoms with van der Waals surface area (Å²) in [6, 6.07) is 23.6. The minimum Gasteiger partial charge on any atom is -0.489 e. The second-order valence-electron chi connectivity index (χ2n) is 11.5. The highest BCUT2D eigenvalue weighted by Crippen LogP contribution is 2.47. The van der Waals surface area contributed by atoms with E-state index in [1.807, 2.05) is 24.3 Å². The van der Waals surface area contributed by atoms with Gasteiger partial charge in [0.05, 0.1) is 18.1 Å². The summed E-state index contributed by atoms with van der Waals surface area (Å²) in [5.41, 5.74) is 13.8. The number of ether oxygens (including phenoxy) is 2. The van der Waals surface area contributed by atoms with E-state index in [-0.39, 0.29) is 36.3 Å². The molecule has 1 fully saturated rings. The van der Waals surface area contributed by atoms with Gasteiger partial charge < -0.3 is 23.9 Å². The Morgan fingerprint density at radius 3 is 2.53 bits per heavy atom. The average Bonchev–Trinajstić information content (AvgIpc) is 3.41. The second-order valence-corrected chi connectivity index (χ2v) is 11.5. The summed E-state index contributed by atoms with van der Waals surface area (Å²) in [6.45, 7) is 1.79. The van der Waals surface area contributed by atoms with E-state index in [2.05, 4.69) is 15.0 Å². The molecular weight excluding hydrogens is 602 g/mol. The third kappa shape index (κ3) is 5.67. The number of aliphatic hydroxyl groups is 1. The van der Waals surface area contributed by atoms with Gasteiger partial charge in [0.15, 0.2) is 16.8 Å². The molecular formula is C35H27N5O7. The quantitative estimate of drug-likeness (QED) is 0.0527. The number of carbonyl (C=O) groups excluding carboxylic acids is 2. The van der Waals surface area contributed by atoms with Gasteiger partial charge in [0.25, 0.3) is 0 Å². The Morgan fingerprint density at radius 1 is 1.04 bits per heavy atom. The first kappa shape index (κ1) is 29.7. The molecule has 12 nitrogen and oxygen atoms in total. The molecule has 0 radical (unpaired) electrons. The molecule has 3 aromatic rings. The SMILES string of the molecule is C[C@@H](O)[C@H]1C(=O)N2C(C(=O)OCc3ccc(N=[N+]=[N-])cc3)=C(c3ccc(COc4ccc5nc6ccc(=O)cc-6oc5c4)cc3)C[C@H]12. The molecule has 3 aromatic carbocycles. The van der Waals surface area contributed by atoms with Crippen molar-refractivity contribution in [1.29, 1.82) is 0 Å². The van der Waals surface area contributed by atoms with Crippen molar-refractivity contribution in [3.8, 4) is 17.2 Å². The van der Waals surface area contributed by atoms with Crippen LogP contribution in [-0.4, -0.2) is 39.0 Å². The normalized spacial score (nSPS) is 17.7. The Labute approximate surface area is 267 Å². The molecule has 0 saturated carbocycles. The van der Waals surface area contributed by atoms with Crippen molar-refractivity contribution < 1.29 is 28.6 Å². The van der Waals surface area contributed by atoms with Gasteiger partial charge in [0.1, 0.15) is 35.9 Å². The van der Waals surface area contributed by atoms with E-state index < -0.39 is 18.0 Å². The molecule has 47 heavy (non-hydrogen) atoms. The molecule has 1 amide bonds. The van der Waals surface area contributed by atoms with Crippen LogP contribution in [0, 0.1) is 5.92 Å². The molecule has 0 aromatic heterocycles. The standard InChI is InChI=1S/C35H27N5O7/c1-19(41)32-29-16-26(33(40(29)34(32)43)35(44)46-18-21-4-8-23(9-5-21)38-39-36)22-6-2-20(3-7-22)17-45-25-11-13-28-31(15-25)47-30-14-24(42)10-12-27(30)37-28/h2-15,19,29,32,41H,16-18H2,1H3/t19-,29-,32-/m1/s1. The first-order valence-electron chi connectivity index (χ1n) is 14.9. The van der Waals surface area contributed by atoms with Gasteiger partial charge in [-0.3, -0.25) is 9.59 Å². The largest absolute Gasteiger partial charge is 0.489 e. The van der Waals surface area contributed by atoms with Crippen LogP contribution in [-0.2, 0) is 27.5 Å². The minimum atomic E-state index is -0.851. The predicted molar refractivity (Wildman–Crippen MR) is 170 cm³/mol. The van der Waals surface area contributed by atoms with Crippen molar-refractivity contribution in [2.75, 3.05) is 0 Å². The zero-order valence-corrected chi connectivity index (χ0v) is 25.1. The fourth-order valence-electron chi connectivity index (χ4n) is 6.09. The number of fused-ring (bicyclic) bond motifs is 3. The molecule has 3 atom stereocenters. The number of hydrogen-bond donors (Lipinski definition) is 1. The molecule has 1 N–H and O–H groups in total. The lowest BCUT2D eigenvalue weighted by atomic mass is 9.82. The second kappa shape index (κ2) is 12.1. The first-order chi connectivity index (χ1) is 22.8. The summed E-state index contributed by atoms with van der Waals surface area (Å²) in [6.07, 6.45) is -0.449. The number of hydrogen-bond acceptors (Lipinski definition) is 9. The van der Waals surface area contributed by atoms with Crippen molar-refractivity contribution in [3.05, 3.63) is 128 Å². The van der Waals surface area contributed by atoms with Gasteiger partial charge in [-0.05, 0) is 65.4 Å². The molecule has 0 unspecified atom stereocenters. The van der Waals surface area contributed by atoms with Crippen LogP contribution in [0.3, 0.4) is 0 Å². The molecule has 0 bridgehead atoms. The van der Waals surface area contributed by atoms with E-state index in [9.17, 15) is 19.5 Å². The van der Waals surface area contributed by atoms with E-state index in [1.165, 1.54) is 17.0 Å². The number of nitrogens with zero attached hydrogens (tertiary/aromatic N) is 5. The molecule has 234 valence electrons. The van der Waals surface area contributed by atoms with E-state index in [0.717, 1.165) is 11.1 Å². The maximum atomic E-state index is 13.4. The lowest BCUT2D eigenvalue weighted by Crippen LogP contribution is -2.61. The number of aromatic nitrogens is 1. The Kier molecular flexibility index (Phi) is 7.64. The number of β-lactam (4-membered cyclic amide) rings is 1. The van der Waals surface area contributed by atoms with Gasteiger partial charge in [-0.1, -0.05) is 53.6 Å². The Hall–Kier alpha value is -5.97. The Morgan fingerprint density at radius 2 is 1.79 bits per heavy atom. The highest BCUT2D eigenvalue weighted by molar-refractivity contribution is 6.06. The molecule has 1 aliphatic carbocycles. The maximum absolute atomic E-state index is 13.4. The van der Waals surface area contributed by atoms with E-state index in [4.69, 9.17) is 19.4 Å². The summed E-state index contributed by atoms with van der Waals surface area (Å²) >= 11 is 0. The van der Waals surface area contributed by atoms with Crippen molar-refractivity contribution in [2.45, 2.75) is 38.7 Å². The Bertz CT molecular complexity index is 2130. The van der Waals surface area contributed by atoms with E-state index in [1.54, 1.807) is 55.5 Å². The lowest BCUT2D eigenvalue weighted by molar-refractivity contribution is -0.162. The summed E-state index contributed by atoms with van der Waals surface area (Å²) in [5.74, 6) is -0.584. The molecule has 3 aliphatic heterocycles. The number of esters is 1. The van der Waals surface area contributed by atoms with Crippen LogP contribution in [0.15, 0.2) is 105 Å². The van der Waals surface area contributed by atoms with Crippen LogP contribution in [0.1, 0.15) is 30.0 Å². The fraction of sp³-hybridized carbons (Fsp3) is 0.200. The van der Waals surface area contributed by atoms with Crippen LogP contribution >= 0.6 is 0 Å². The lowest BCUT2D eigenvalue weighted by Gasteiger charge is -2.44. The predicted octanol–water partition coefficient (Wildman–Crippen LogP) is 5.88. The smallest absolute Gasteiger partial charge is 0.355 e. The summed E-state index contributed by atoms with van der Waals surface area (Å²) in [7, 11) is 0. The number of rotatable bonds is 9. The number of azide groups is 1. The van der Waals surface area contributed by atoms with Crippen molar-refractivity contribution >= 4 is 34.2 Å². The van der Waals surface area contributed by atoms with E-state index in [0.29, 0.717) is 51.5 Å². The maximum Gasteiger partial charge on any atom is 0.355 e. The topological polar surface area (TPSA) is 168 Å². The number of aliphatic hydroxyl groups excluding tert-OH is 1. The highest BCUT2D eigenvalue weighted by Gasteiger charge is 2.57. The van der Waals surface area contributed by atoms with Crippen LogP contribution in [0.5, 0.6) is 5.75 Å². The van der Waals surface area contributed by atoms with Crippen LogP contribution in [0.25, 0.3) is 38.6 Å². The fourth-order valence-corrected chi connectivity index (χ4v) is 6.09. The van der Waals surface area contributed by atoms with Gasteiger partial charge in [-0.25, -0.2) is 9.78 Å². The highest BCUT2D eigenvalue weighted by atomic mass is 16.5. The van der Waals surface area contributed by atoms with Crippen molar-refractivity contribution in [3.63, 3.8) is 0 Å². The zero-order valence-electron chi connectivity index (χ0n) is 25.1. The van der Waals surface area contributed by atoms with Gasteiger partial charge in [-0.15, -0.1) is 0 Å². The van der Waals surface area contributed by atoms with Gasteiger partial charge in [0, 0.05) is 22.7 Å². The van der Waals surface area contributed by atoms with Crippen LogP contribution < -0.4 is 10.2 Å². The Balaban J connectivity index is 1.09. The molecule has 3 heterocycles. The molecule has 4 aliphatic rings. The average molecular weight is 630 g/mol. The van der Waals surface area contributed by atoms with Crippen molar-refractivity contribution in [1.82, 2.24) is 9.88 Å². The number of benzene rings is 4. The third-order valence-electron chi connectivity index (χ3n) is 8.42. The zero-order chi connectivity index (χ0) is 32.7. The molecule has 1 saturated heterocycles. The summed E-state index contributed by atoms with van der Waals surface area (Å²) < 4.78 is 17.5. The third-order valence-corrected chi connectivity index (χ3v) is 8.42. The van der Waals surface area contributed by atoms with Gasteiger partial charge >= 0.3 is 5.97 Å². The monoisotopic (exact) mass is 629 g/mol. The first-order valence-corrected chi connectivity index (χ1v) is 14.9. The minimum absolute atomic E-state index is 0.0387. The molecule has 7 rings (SSSR count). The number of carbonyl (C=O) groups is 2. The molecule has 0 spiro atoms. The van der Waals surface area contributed by atoms with Crippen LogP contribution in [0.4, 0.5) is 5.69 Å². The van der Waals surface area contributed by atoms with Crippen molar-refractivity contribution in [2.24, 2.45) is 11.0 Å². The number of amides is 1. The van der Waals surface area contributed by atoms with E-state index >= 15 is 0 Å². The van der Waals surface area contributed by atoms with Crippen LogP contribution in [0.2, 0.25) is 0 Å². The van der Waals surface area contributed by atoms with Gasteiger partial charge in [0.2, 0.25) is 5.91 Å². The van der Waals surface area contributed by atoms with Gasteiger partial charge in [-0.2, -0.15) is 0 Å².